The normalized spacial score (nSPS) is 13.1. The van der Waals surface area contributed by atoms with E-state index in [2.05, 4.69) is 27.1 Å². The van der Waals surface area contributed by atoms with Crippen LogP contribution in [0.1, 0.15) is 17.8 Å². The number of rotatable bonds is 5. The molecule has 0 aliphatic heterocycles. The molecule has 1 rings (SSSR count). The van der Waals surface area contributed by atoms with Gasteiger partial charge in [-0.05, 0) is 25.8 Å². The quantitative estimate of drug-likeness (QED) is 0.759. The number of halogens is 1. The fraction of sp³-hybridized carbons (Fsp3) is 0.700. The minimum Gasteiger partial charge on any atom is -0.384 e. The van der Waals surface area contributed by atoms with Gasteiger partial charge in [0.15, 0.2) is 0 Å². The number of hydrogen-bond acceptors (Lipinski definition) is 2. The van der Waals surface area contributed by atoms with Crippen molar-refractivity contribution in [3.63, 3.8) is 0 Å². The van der Waals surface area contributed by atoms with Gasteiger partial charge in [-0.1, -0.05) is 15.9 Å². The van der Waals surface area contributed by atoms with Crippen molar-refractivity contribution in [2.24, 2.45) is 7.05 Å². The molecule has 1 heterocycles. The maximum atomic E-state index is 5.06. The summed E-state index contributed by atoms with van der Waals surface area (Å²) in [5.74, 6) is 0. The first kappa shape index (κ1) is 11.7. The Labute approximate surface area is 93.6 Å². The van der Waals surface area contributed by atoms with E-state index >= 15 is 0 Å². The van der Waals surface area contributed by atoms with E-state index in [0.717, 1.165) is 25.1 Å². The molecule has 0 radical (unpaired) electrons. The predicted octanol–water partition coefficient (Wildman–Crippen LogP) is 2.07. The minimum absolute atomic E-state index is 0.433. The molecule has 1 aromatic rings. The third-order valence-electron chi connectivity index (χ3n) is 2.16. The van der Waals surface area contributed by atoms with Crippen molar-refractivity contribution >= 4 is 15.9 Å². The molecule has 0 saturated carbocycles. The maximum absolute atomic E-state index is 5.06. The average molecular weight is 261 g/mol. The van der Waals surface area contributed by atoms with Gasteiger partial charge < -0.3 is 4.74 Å². The van der Waals surface area contributed by atoms with Crippen LogP contribution in [-0.4, -0.2) is 28.3 Å². The second kappa shape index (κ2) is 5.51. The first-order chi connectivity index (χ1) is 6.63. The van der Waals surface area contributed by atoms with Crippen LogP contribution in [0.15, 0.2) is 6.07 Å². The van der Waals surface area contributed by atoms with Gasteiger partial charge in [-0.3, -0.25) is 4.68 Å². The summed E-state index contributed by atoms with van der Waals surface area (Å²) in [6, 6.07) is 2.13. The predicted molar refractivity (Wildman–Crippen MR) is 60.9 cm³/mol. The molecule has 0 aliphatic rings. The molecule has 1 atom stereocenters. The van der Waals surface area contributed by atoms with Crippen LogP contribution in [0.2, 0.25) is 0 Å². The van der Waals surface area contributed by atoms with Gasteiger partial charge in [0.2, 0.25) is 0 Å². The Kier molecular flexibility index (Phi) is 4.62. The van der Waals surface area contributed by atoms with Crippen molar-refractivity contribution in [3.8, 4) is 0 Å². The van der Waals surface area contributed by atoms with Crippen LogP contribution < -0.4 is 0 Å². The number of methoxy groups -OCH3 is 1. The SMILES string of the molecule is COCC(Br)CCc1cc(C)nn1C. The summed E-state index contributed by atoms with van der Waals surface area (Å²) in [4.78, 5) is 0.433. The third kappa shape index (κ3) is 3.42. The highest BCUT2D eigenvalue weighted by Crippen LogP contribution is 2.11. The Morgan fingerprint density at radius 1 is 1.64 bits per heavy atom. The average Bonchev–Trinajstić information content (AvgIpc) is 2.42. The molecule has 80 valence electrons. The van der Waals surface area contributed by atoms with Gasteiger partial charge in [-0.25, -0.2) is 0 Å². The topological polar surface area (TPSA) is 27.1 Å². The van der Waals surface area contributed by atoms with E-state index in [1.54, 1.807) is 7.11 Å². The second-order valence-corrected chi connectivity index (χ2v) is 4.79. The van der Waals surface area contributed by atoms with Crippen molar-refractivity contribution in [1.82, 2.24) is 9.78 Å². The smallest absolute Gasteiger partial charge is 0.0596 e. The largest absolute Gasteiger partial charge is 0.384 e. The Morgan fingerprint density at radius 3 is 2.86 bits per heavy atom. The van der Waals surface area contributed by atoms with E-state index in [1.165, 1.54) is 5.69 Å². The number of aromatic nitrogens is 2. The zero-order valence-corrected chi connectivity index (χ0v) is 10.5. The van der Waals surface area contributed by atoms with Crippen LogP contribution in [0.5, 0.6) is 0 Å². The van der Waals surface area contributed by atoms with E-state index in [9.17, 15) is 0 Å². The summed E-state index contributed by atoms with van der Waals surface area (Å²) in [7, 11) is 3.71. The van der Waals surface area contributed by atoms with Gasteiger partial charge in [-0.15, -0.1) is 0 Å². The van der Waals surface area contributed by atoms with E-state index in [4.69, 9.17) is 4.74 Å². The van der Waals surface area contributed by atoms with Crippen molar-refractivity contribution in [2.75, 3.05) is 13.7 Å². The lowest BCUT2D eigenvalue weighted by Crippen LogP contribution is -2.09. The van der Waals surface area contributed by atoms with Crippen LogP contribution in [0.3, 0.4) is 0 Å². The number of ether oxygens (including phenoxy) is 1. The van der Waals surface area contributed by atoms with Gasteiger partial charge in [0.05, 0.1) is 12.3 Å². The Balaban J connectivity index is 2.41. The molecule has 0 aliphatic carbocycles. The van der Waals surface area contributed by atoms with Crippen molar-refractivity contribution < 1.29 is 4.74 Å². The molecular weight excluding hydrogens is 244 g/mol. The highest BCUT2D eigenvalue weighted by atomic mass is 79.9. The molecule has 3 nitrogen and oxygen atoms in total. The molecule has 4 heteroatoms. The standard InChI is InChI=1S/C10H17BrN2O/c1-8-6-10(13(2)12-8)5-4-9(11)7-14-3/h6,9H,4-5,7H2,1-3H3. The maximum Gasteiger partial charge on any atom is 0.0596 e. The molecular formula is C10H17BrN2O. The van der Waals surface area contributed by atoms with Crippen molar-refractivity contribution in [2.45, 2.75) is 24.6 Å². The molecule has 0 saturated heterocycles. The zero-order valence-electron chi connectivity index (χ0n) is 8.96. The van der Waals surface area contributed by atoms with E-state index in [1.807, 2.05) is 18.7 Å². The van der Waals surface area contributed by atoms with Crippen molar-refractivity contribution in [3.05, 3.63) is 17.5 Å². The van der Waals surface area contributed by atoms with E-state index in [-0.39, 0.29) is 0 Å². The van der Waals surface area contributed by atoms with Crippen LogP contribution in [0, 0.1) is 6.92 Å². The van der Waals surface area contributed by atoms with Gasteiger partial charge >= 0.3 is 0 Å². The molecule has 0 aromatic carbocycles. The monoisotopic (exact) mass is 260 g/mol. The lowest BCUT2D eigenvalue weighted by Gasteiger charge is -2.07. The summed E-state index contributed by atoms with van der Waals surface area (Å²) < 4.78 is 7.00. The molecule has 0 N–H and O–H groups in total. The number of hydrogen-bond donors (Lipinski definition) is 0. The summed E-state index contributed by atoms with van der Waals surface area (Å²) in [6.07, 6.45) is 2.11. The summed E-state index contributed by atoms with van der Waals surface area (Å²) in [5.41, 5.74) is 2.36. The van der Waals surface area contributed by atoms with Crippen LogP contribution in [-0.2, 0) is 18.2 Å². The Hall–Kier alpha value is -0.350. The summed E-state index contributed by atoms with van der Waals surface area (Å²) >= 11 is 3.57. The molecule has 0 spiro atoms. The van der Waals surface area contributed by atoms with Crippen LogP contribution >= 0.6 is 15.9 Å². The van der Waals surface area contributed by atoms with Gasteiger partial charge in [0.25, 0.3) is 0 Å². The van der Waals surface area contributed by atoms with Crippen molar-refractivity contribution in [1.29, 1.82) is 0 Å². The number of alkyl halides is 1. The minimum atomic E-state index is 0.433. The van der Waals surface area contributed by atoms with Gasteiger partial charge in [0, 0.05) is 24.7 Å². The zero-order chi connectivity index (χ0) is 10.6. The molecule has 0 amide bonds. The fourth-order valence-corrected chi connectivity index (χ4v) is 1.96. The highest BCUT2D eigenvalue weighted by molar-refractivity contribution is 9.09. The molecule has 0 bridgehead atoms. The van der Waals surface area contributed by atoms with Crippen LogP contribution in [0.4, 0.5) is 0 Å². The number of aryl methyl sites for hydroxylation is 3. The molecule has 14 heavy (non-hydrogen) atoms. The summed E-state index contributed by atoms with van der Waals surface area (Å²) in [6.45, 7) is 2.78. The van der Waals surface area contributed by atoms with Gasteiger partial charge in [-0.2, -0.15) is 5.10 Å². The van der Waals surface area contributed by atoms with Gasteiger partial charge in [0.1, 0.15) is 0 Å². The first-order valence-corrected chi connectivity index (χ1v) is 5.67. The number of nitrogens with zero attached hydrogens (tertiary/aromatic N) is 2. The second-order valence-electron chi connectivity index (χ2n) is 3.49. The molecule has 1 unspecified atom stereocenters. The van der Waals surface area contributed by atoms with E-state index < -0.39 is 0 Å². The van der Waals surface area contributed by atoms with E-state index in [0.29, 0.717) is 4.83 Å². The third-order valence-corrected chi connectivity index (χ3v) is 2.88. The summed E-state index contributed by atoms with van der Waals surface area (Å²) in [5, 5.41) is 4.31. The molecule has 1 aromatic heterocycles. The Morgan fingerprint density at radius 2 is 2.36 bits per heavy atom. The molecule has 0 fully saturated rings. The fourth-order valence-electron chi connectivity index (χ4n) is 1.47. The first-order valence-electron chi connectivity index (χ1n) is 4.76. The highest BCUT2D eigenvalue weighted by Gasteiger charge is 2.06. The Bertz CT molecular complexity index is 286. The van der Waals surface area contributed by atoms with Crippen LogP contribution in [0.25, 0.3) is 0 Å². The lowest BCUT2D eigenvalue weighted by atomic mass is 10.2. The lowest BCUT2D eigenvalue weighted by molar-refractivity contribution is 0.198.